The summed E-state index contributed by atoms with van der Waals surface area (Å²) in [6.07, 6.45) is 0.196. The van der Waals surface area contributed by atoms with E-state index >= 15 is 0 Å². The van der Waals surface area contributed by atoms with Crippen molar-refractivity contribution in [1.82, 2.24) is 0 Å². The number of benzene rings is 1. The topological polar surface area (TPSA) is 73.6 Å². The number of amides is 1. The summed E-state index contributed by atoms with van der Waals surface area (Å²) in [5.41, 5.74) is 6.91. The smallest absolute Gasteiger partial charge is 0.412 e. The molecule has 1 aromatic carbocycles. The normalized spacial score (nSPS) is 12.7. The number of hydrogen-bond acceptors (Lipinski definition) is 4. The van der Waals surface area contributed by atoms with E-state index in [-0.39, 0.29) is 6.04 Å². The molecular formula is C15H24N2O3. The van der Waals surface area contributed by atoms with E-state index in [2.05, 4.69) is 5.32 Å². The second kappa shape index (κ2) is 6.61. The average Bonchev–Trinajstić information content (AvgIpc) is 2.25. The maximum atomic E-state index is 11.7. The van der Waals surface area contributed by atoms with Gasteiger partial charge in [-0.1, -0.05) is 0 Å². The fraction of sp³-hybridized carbons (Fsp3) is 0.533. The maximum absolute atomic E-state index is 11.7. The Labute approximate surface area is 120 Å². The Kier molecular flexibility index (Phi) is 5.39. The van der Waals surface area contributed by atoms with Crippen molar-refractivity contribution in [2.24, 2.45) is 5.73 Å². The zero-order valence-corrected chi connectivity index (χ0v) is 12.8. The lowest BCUT2D eigenvalue weighted by atomic mass is 10.1. The number of rotatable bonds is 4. The van der Waals surface area contributed by atoms with Crippen LogP contribution in [-0.4, -0.2) is 24.8 Å². The van der Waals surface area contributed by atoms with Gasteiger partial charge in [-0.3, -0.25) is 5.32 Å². The fourth-order valence-corrected chi connectivity index (χ4v) is 1.78. The number of anilines is 1. The molecule has 0 radical (unpaired) electrons. The molecule has 20 heavy (non-hydrogen) atoms. The second-order valence-corrected chi connectivity index (χ2v) is 5.83. The van der Waals surface area contributed by atoms with Crippen LogP contribution in [0, 0.1) is 0 Å². The summed E-state index contributed by atoms with van der Waals surface area (Å²) in [7, 11) is 1.61. The van der Waals surface area contributed by atoms with Crippen molar-refractivity contribution in [3.05, 3.63) is 23.8 Å². The molecule has 0 saturated carbocycles. The van der Waals surface area contributed by atoms with Crippen LogP contribution >= 0.6 is 0 Å². The molecule has 1 rings (SSSR count). The number of carbonyl (C=O) groups excluding carboxylic acids is 1. The fourth-order valence-electron chi connectivity index (χ4n) is 1.78. The summed E-state index contributed by atoms with van der Waals surface area (Å²) in [5.74, 6) is 0.761. The standard InChI is InChI=1S/C15H24N2O3/c1-10(16)8-11-9-12(6-7-13(11)19-5)17-14(18)20-15(2,3)4/h6-7,9-10H,8,16H2,1-5H3,(H,17,18)/t10-/m0/s1. The van der Waals surface area contributed by atoms with Crippen LogP contribution in [-0.2, 0) is 11.2 Å². The first-order chi connectivity index (χ1) is 9.21. The minimum Gasteiger partial charge on any atom is -0.496 e. The molecular weight excluding hydrogens is 256 g/mol. The highest BCUT2D eigenvalue weighted by Crippen LogP contribution is 2.24. The molecule has 5 heteroatoms. The van der Waals surface area contributed by atoms with E-state index in [1.807, 2.05) is 39.8 Å². The Morgan fingerprint density at radius 3 is 2.55 bits per heavy atom. The molecule has 1 amide bonds. The summed E-state index contributed by atoms with van der Waals surface area (Å²) >= 11 is 0. The van der Waals surface area contributed by atoms with Crippen LogP contribution in [0.5, 0.6) is 5.75 Å². The third-order valence-electron chi connectivity index (χ3n) is 2.47. The lowest BCUT2D eigenvalue weighted by molar-refractivity contribution is 0.0636. The molecule has 0 aliphatic rings. The van der Waals surface area contributed by atoms with E-state index in [0.717, 1.165) is 11.3 Å². The predicted octanol–water partition coefficient (Wildman–Crippen LogP) is 2.93. The van der Waals surface area contributed by atoms with E-state index in [1.54, 1.807) is 13.2 Å². The first-order valence-corrected chi connectivity index (χ1v) is 6.64. The summed E-state index contributed by atoms with van der Waals surface area (Å²) < 4.78 is 10.5. The molecule has 0 fully saturated rings. The van der Waals surface area contributed by atoms with Crippen molar-refractivity contribution in [2.45, 2.75) is 45.8 Å². The molecule has 0 unspecified atom stereocenters. The van der Waals surface area contributed by atoms with Gasteiger partial charge in [0.2, 0.25) is 0 Å². The van der Waals surface area contributed by atoms with Crippen LogP contribution in [0.25, 0.3) is 0 Å². The van der Waals surface area contributed by atoms with Gasteiger partial charge >= 0.3 is 6.09 Å². The number of hydrogen-bond donors (Lipinski definition) is 2. The largest absolute Gasteiger partial charge is 0.496 e. The van der Waals surface area contributed by atoms with Crippen LogP contribution in [0.3, 0.4) is 0 Å². The molecule has 0 aromatic heterocycles. The van der Waals surface area contributed by atoms with Crippen molar-refractivity contribution >= 4 is 11.8 Å². The second-order valence-electron chi connectivity index (χ2n) is 5.83. The molecule has 0 bridgehead atoms. The molecule has 0 saturated heterocycles. The van der Waals surface area contributed by atoms with Gasteiger partial charge in [-0.2, -0.15) is 0 Å². The molecule has 0 aliphatic heterocycles. The summed E-state index contributed by atoms with van der Waals surface area (Å²) in [6.45, 7) is 7.39. The molecule has 112 valence electrons. The average molecular weight is 280 g/mol. The van der Waals surface area contributed by atoms with Crippen LogP contribution < -0.4 is 15.8 Å². The SMILES string of the molecule is COc1ccc(NC(=O)OC(C)(C)C)cc1C[C@H](C)N. The zero-order valence-electron chi connectivity index (χ0n) is 12.8. The highest BCUT2D eigenvalue weighted by Gasteiger charge is 2.16. The third-order valence-corrected chi connectivity index (χ3v) is 2.47. The van der Waals surface area contributed by atoms with E-state index < -0.39 is 11.7 Å². The summed E-state index contributed by atoms with van der Waals surface area (Å²) in [4.78, 5) is 11.7. The lowest BCUT2D eigenvalue weighted by Crippen LogP contribution is -2.27. The van der Waals surface area contributed by atoms with Gasteiger partial charge in [0, 0.05) is 11.7 Å². The van der Waals surface area contributed by atoms with Crippen molar-refractivity contribution in [3.8, 4) is 5.75 Å². The Balaban J connectivity index is 2.83. The van der Waals surface area contributed by atoms with Gasteiger partial charge in [0.05, 0.1) is 7.11 Å². The molecule has 0 heterocycles. The van der Waals surface area contributed by atoms with Gasteiger partial charge in [-0.15, -0.1) is 0 Å². The Bertz CT molecular complexity index is 465. The van der Waals surface area contributed by atoms with E-state index in [0.29, 0.717) is 12.1 Å². The van der Waals surface area contributed by atoms with Crippen LogP contribution in [0.4, 0.5) is 10.5 Å². The molecule has 1 atom stereocenters. The van der Waals surface area contributed by atoms with Crippen molar-refractivity contribution in [2.75, 3.05) is 12.4 Å². The summed E-state index contributed by atoms with van der Waals surface area (Å²) in [5, 5.41) is 2.71. The van der Waals surface area contributed by atoms with Crippen molar-refractivity contribution in [3.63, 3.8) is 0 Å². The Morgan fingerprint density at radius 1 is 1.40 bits per heavy atom. The van der Waals surface area contributed by atoms with E-state index in [1.165, 1.54) is 0 Å². The van der Waals surface area contributed by atoms with E-state index in [4.69, 9.17) is 15.2 Å². The van der Waals surface area contributed by atoms with Crippen molar-refractivity contribution < 1.29 is 14.3 Å². The van der Waals surface area contributed by atoms with Gasteiger partial charge in [-0.05, 0) is 57.9 Å². The number of methoxy groups -OCH3 is 1. The van der Waals surface area contributed by atoms with Gasteiger partial charge in [0.25, 0.3) is 0 Å². The molecule has 0 spiro atoms. The predicted molar refractivity (Wildman–Crippen MR) is 80.2 cm³/mol. The van der Waals surface area contributed by atoms with Crippen LogP contribution in [0.2, 0.25) is 0 Å². The molecule has 3 N–H and O–H groups in total. The quantitative estimate of drug-likeness (QED) is 0.889. The molecule has 5 nitrogen and oxygen atoms in total. The van der Waals surface area contributed by atoms with Crippen molar-refractivity contribution in [1.29, 1.82) is 0 Å². The van der Waals surface area contributed by atoms with E-state index in [9.17, 15) is 4.79 Å². The highest BCUT2D eigenvalue weighted by molar-refractivity contribution is 5.85. The molecule has 1 aromatic rings. The van der Waals surface area contributed by atoms with Gasteiger partial charge in [-0.25, -0.2) is 4.79 Å². The van der Waals surface area contributed by atoms with Gasteiger partial charge < -0.3 is 15.2 Å². The highest BCUT2D eigenvalue weighted by atomic mass is 16.6. The monoisotopic (exact) mass is 280 g/mol. The Morgan fingerprint density at radius 2 is 2.05 bits per heavy atom. The maximum Gasteiger partial charge on any atom is 0.412 e. The number of nitrogens with two attached hydrogens (primary N) is 1. The third kappa shape index (κ3) is 5.48. The Hall–Kier alpha value is -1.75. The van der Waals surface area contributed by atoms with Gasteiger partial charge in [0.1, 0.15) is 11.4 Å². The van der Waals surface area contributed by atoms with Crippen LogP contribution in [0.15, 0.2) is 18.2 Å². The minimum absolute atomic E-state index is 0.0145. The number of ether oxygens (including phenoxy) is 2. The minimum atomic E-state index is -0.523. The number of carbonyl (C=O) groups is 1. The van der Waals surface area contributed by atoms with Gasteiger partial charge in [0.15, 0.2) is 0 Å². The first-order valence-electron chi connectivity index (χ1n) is 6.64. The van der Waals surface area contributed by atoms with Crippen LogP contribution in [0.1, 0.15) is 33.3 Å². The zero-order chi connectivity index (χ0) is 15.3. The number of nitrogens with one attached hydrogen (secondary N) is 1. The lowest BCUT2D eigenvalue weighted by Gasteiger charge is -2.20. The summed E-state index contributed by atoms with van der Waals surface area (Å²) in [6, 6.07) is 5.45. The first kappa shape index (κ1) is 16.3. The molecule has 0 aliphatic carbocycles.